The molecule has 3 heterocycles. The standard InChI is InChI=1S/C16H26N6O2/c23-15(14-13-17-6-12-24-14)18-5-2-7-21-8-10-22(11-9-21)16-19-3-1-4-20-16/h1,3-4,14,17H,2,5-13H2,(H,18,23). The number of carbonyl (C=O) groups excluding carboxylic acids is 1. The molecule has 1 amide bonds. The number of morpholine rings is 1. The lowest BCUT2D eigenvalue weighted by Gasteiger charge is -2.34. The second-order valence-corrected chi connectivity index (χ2v) is 6.09. The Bertz CT molecular complexity index is 501. The molecule has 1 unspecified atom stereocenters. The maximum Gasteiger partial charge on any atom is 0.250 e. The first kappa shape index (κ1) is 17.1. The minimum atomic E-state index is -0.340. The van der Waals surface area contributed by atoms with E-state index in [-0.39, 0.29) is 12.0 Å². The highest BCUT2D eigenvalue weighted by Gasteiger charge is 2.21. The SMILES string of the molecule is O=C(NCCCN1CCN(c2ncccn2)CC1)C1CNCCO1. The van der Waals surface area contributed by atoms with Gasteiger partial charge in [0.2, 0.25) is 11.9 Å². The van der Waals surface area contributed by atoms with Crippen molar-refractivity contribution in [3.05, 3.63) is 18.5 Å². The molecule has 0 bridgehead atoms. The average Bonchev–Trinajstić information content (AvgIpc) is 2.67. The molecule has 0 spiro atoms. The van der Waals surface area contributed by atoms with Crippen LogP contribution in [0, 0.1) is 0 Å². The smallest absolute Gasteiger partial charge is 0.250 e. The minimum absolute atomic E-state index is 0.00625. The number of aromatic nitrogens is 2. The number of anilines is 1. The van der Waals surface area contributed by atoms with Gasteiger partial charge in [-0.1, -0.05) is 0 Å². The molecular formula is C16H26N6O2. The van der Waals surface area contributed by atoms with Crippen molar-refractivity contribution in [2.45, 2.75) is 12.5 Å². The second-order valence-electron chi connectivity index (χ2n) is 6.09. The van der Waals surface area contributed by atoms with Gasteiger partial charge in [-0.15, -0.1) is 0 Å². The fourth-order valence-corrected chi connectivity index (χ4v) is 2.99. The summed E-state index contributed by atoms with van der Waals surface area (Å²) in [7, 11) is 0. The molecule has 2 saturated heterocycles. The Hall–Kier alpha value is -1.77. The highest BCUT2D eigenvalue weighted by molar-refractivity contribution is 5.81. The van der Waals surface area contributed by atoms with Crippen LogP contribution in [0.3, 0.4) is 0 Å². The summed E-state index contributed by atoms with van der Waals surface area (Å²) >= 11 is 0. The van der Waals surface area contributed by atoms with Crippen LogP contribution in [0.15, 0.2) is 18.5 Å². The maximum atomic E-state index is 11.9. The van der Waals surface area contributed by atoms with Crippen molar-refractivity contribution < 1.29 is 9.53 Å². The molecule has 0 aliphatic carbocycles. The van der Waals surface area contributed by atoms with Gasteiger partial charge in [-0.05, 0) is 19.0 Å². The molecule has 2 aliphatic rings. The molecule has 24 heavy (non-hydrogen) atoms. The monoisotopic (exact) mass is 334 g/mol. The van der Waals surface area contributed by atoms with Crippen LogP contribution in [0.4, 0.5) is 5.95 Å². The molecule has 8 nitrogen and oxygen atoms in total. The number of nitrogens with one attached hydrogen (secondary N) is 2. The van der Waals surface area contributed by atoms with E-state index in [9.17, 15) is 4.79 Å². The quantitative estimate of drug-likeness (QED) is 0.652. The molecule has 0 saturated carbocycles. The molecular weight excluding hydrogens is 308 g/mol. The van der Waals surface area contributed by atoms with E-state index in [4.69, 9.17) is 4.74 Å². The van der Waals surface area contributed by atoms with Gasteiger partial charge >= 0.3 is 0 Å². The Labute approximate surface area is 142 Å². The van der Waals surface area contributed by atoms with E-state index in [1.807, 2.05) is 6.07 Å². The van der Waals surface area contributed by atoms with E-state index in [1.165, 1.54) is 0 Å². The largest absolute Gasteiger partial charge is 0.366 e. The first-order chi connectivity index (χ1) is 11.8. The molecule has 1 aromatic rings. The van der Waals surface area contributed by atoms with Crippen molar-refractivity contribution in [3.63, 3.8) is 0 Å². The van der Waals surface area contributed by atoms with Gasteiger partial charge in [-0.25, -0.2) is 9.97 Å². The molecule has 2 N–H and O–H groups in total. The van der Waals surface area contributed by atoms with Crippen molar-refractivity contribution in [1.29, 1.82) is 0 Å². The Morgan fingerprint density at radius 3 is 2.79 bits per heavy atom. The van der Waals surface area contributed by atoms with Gasteiger partial charge in [0, 0.05) is 58.2 Å². The molecule has 1 atom stereocenters. The van der Waals surface area contributed by atoms with Crippen LogP contribution in [0.5, 0.6) is 0 Å². The van der Waals surface area contributed by atoms with Crippen LogP contribution in [-0.4, -0.2) is 85.8 Å². The number of hydrogen-bond donors (Lipinski definition) is 2. The predicted octanol–water partition coefficient (Wildman–Crippen LogP) is -0.907. The molecule has 3 rings (SSSR count). The van der Waals surface area contributed by atoms with Gasteiger partial charge in [-0.2, -0.15) is 0 Å². The minimum Gasteiger partial charge on any atom is -0.366 e. The zero-order valence-electron chi connectivity index (χ0n) is 14.0. The van der Waals surface area contributed by atoms with E-state index < -0.39 is 0 Å². The summed E-state index contributed by atoms with van der Waals surface area (Å²) in [5.74, 6) is 0.804. The molecule has 2 aliphatic heterocycles. The number of nitrogens with zero attached hydrogens (tertiary/aromatic N) is 4. The van der Waals surface area contributed by atoms with E-state index >= 15 is 0 Å². The number of rotatable bonds is 6. The van der Waals surface area contributed by atoms with E-state index in [0.29, 0.717) is 19.7 Å². The Kier molecular flexibility index (Phi) is 6.33. The van der Waals surface area contributed by atoms with Crippen molar-refractivity contribution in [3.8, 4) is 0 Å². The predicted molar refractivity (Wildman–Crippen MR) is 90.9 cm³/mol. The van der Waals surface area contributed by atoms with Gasteiger partial charge in [0.05, 0.1) is 6.61 Å². The summed E-state index contributed by atoms with van der Waals surface area (Å²) < 4.78 is 5.44. The lowest BCUT2D eigenvalue weighted by molar-refractivity contribution is -0.134. The van der Waals surface area contributed by atoms with Crippen LogP contribution in [0.25, 0.3) is 0 Å². The van der Waals surface area contributed by atoms with E-state index in [2.05, 4.69) is 30.4 Å². The maximum absolute atomic E-state index is 11.9. The number of amides is 1. The van der Waals surface area contributed by atoms with E-state index in [0.717, 1.165) is 51.6 Å². The second kappa shape index (κ2) is 8.91. The molecule has 132 valence electrons. The average molecular weight is 334 g/mol. The normalized spacial score (nSPS) is 22.3. The Morgan fingerprint density at radius 1 is 1.29 bits per heavy atom. The van der Waals surface area contributed by atoms with Crippen molar-refractivity contribution in [2.75, 3.05) is 63.9 Å². The van der Waals surface area contributed by atoms with Crippen LogP contribution >= 0.6 is 0 Å². The summed E-state index contributed by atoms with van der Waals surface area (Å²) in [6, 6.07) is 1.84. The highest BCUT2D eigenvalue weighted by atomic mass is 16.5. The van der Waals surface area contributed by atoms with Crippen LogP contribution < -0.4 is 15.5 Å². The Morgan fingerprint density at radius 2 is 2.08 bits per heavy atom. The summed E-state index contributed by atoms with van der Waals surface area (Å²) in [6.45, 7) is 7.61. The van der Waals surface area contributed by atoms with Gasteiger partial charge in [0.15, 0.2) is 0 Å². The topological polar surface area (TPSA) is 82.6 Å². The summed E-state index contributed by atoms with van der Waals surface area (Å²) in [5, 5.41) is 6.13. The number of piperazine rings is 1. The molecule has 0 aromatic carbocycles. The molecule has 8 heteroatoms. The fraction of sp³-hybridized carbons (Fsp3) is 0.688. The van der Waals surface area contributed by atoms with Crippen molar-refractivity contribution in [1.82, 2.24) is 25.5 Å². The first-order valence-corrected chi connectivity index (χ1v) is 8.67. The van der Waals surface area contributed by atoms with Crippen LogP contribution in [0.1, 0.15) is 6.42 Å². The zero-order chi connectivity index (χ0) is 16.6. The van der Waals surface area contributed by atoms with E-state index in [1.54, 1.807) is 12.4 Å². The van der Waals surface area contributed by atoms with Crippen LogP contribution in [0.2, 0.25) is 0 Å². The van der Waals surface area contributed by atoms with Crippen LogP contribution in [-0.2, 0) is 9.53 Å². The van der Waals surface area contributed by atoms with Gasteiger partial charge in [0.25, 0.3) is 0 Å². The van der Waals surface area contributed by atoms with Crippen molar-refractivity contribution in [2.24, 2.45) is 0 Å². The summed E-state index contributed by atoms with van der Waals surface area (Å²) in [6.07, 6.45) is 4.17. The van der Waals surface area contributed by atoms with Gasteiger partial charge < -0.3 is 20.3 Å². The third-order valence-electron chi connectivity index (χ3n) is 4.38. The third-order valence-corrected chi connectivity index (χ3v) is 4.38. The van der Waals surface area contributed by atoms with Crippen molar-refractivity contribution >= 4 is 11.9 Å². The molecule has 2 fully saturated rings. The zero-order valence-corrected chi connectivity index (χ0v) is 14.0. The highest BCUT2D eigenvalue weighted by Crippen LogP contribution is 2.09. The number of carbonyl (C=O) groups is 1. The third kappa shape index (κ3) is 4.86. The fourth-order valence-electron chi connectivity index (χ4n) is 2.99. The molecule has 1 aromatic heterocycles. The van der Waals surface area contributed by atoms with Gasteiger partial charge in [0.1, 0.15) is 6.10 Å². The first-order valence-electron chi connectivity index (χ1n) is 8.67. The number of ether oxygens (including phenoxy) is 1. The summed E-state index contributed by atoms with van der Waals surface area (Å²) in [4.78, 5) is 25.2. The lowest BCUT2D eigenvalue weighted by Crippen LogP contribution is -2.49. The lowest BCUT2D eigenvalue weighted by atomic mass is 10.2. The number of hydrogen-bond acceptors (Lipinski definition) is 7. The summed E-state index contributed by atoms with van der Waals surface area (Å²) in [5.41, 5.74) is 0. The van der Waals surface area contributed by atoms with Gasteiger partial charge in [-0.3, -0.25) is 9.69 Å². The Balaban J connectivity index is 1.29. The molecule has 0 radical (unpaired) electrons.